The van der Waals surface area contributed by atoms with Crippen molar-refractivity contribution >= 4 is 17.8 Å². The summed E-state index contributed by atoms with van der Waals surface area (Å²) in [5.41, 5.74) is 2.61. The van der Waals surface area contributed by atoms with Gasteiger partial charge in [0.25, 0.3) is 5.91 Å². The summed E-state index contributed by atoms with van der Waals surface area (Å²) < 4.78 is 10.1. The van der Waals surface area contributed by atoms with Crippen LogP contribution in [0.4, 0.5) is 0 Å². The average Bonchev–Trinajstić information content (AvgIpc) is 3.00. The molecule has 7 nitrogen and oxygen atoms in total. The molecular weight excluding hydrogens is 372 g/mol. The van der Waals surface area contributed by atoms with Gasteiger partial charge in [-0.25, -0.2) is 9.59 Å². The number of nitrogens with one attached hydrogen (secondary N) is 2. The van der Waals surface area contributed by atoms with Crippen LogP contribution in [-0.2, 0) is 20.7 Å². The van der Waals surface area contributed by atoms with E-state index in [0.29, 0.717) is 11.3 Å². The van der Waals surface area contributed by atoms with Crippen molar-refractivity contribution in [3.8, 4) is 0 Å². The maximum Gasteiger partial charge on any atom is 0.355 e. The molecule has 1 amide bonds. The first-order valence-electron chi connectivity index (χ1n) is 9.70. The van der Waals surface area contributed by atoms with Crippen LogP contribution in [0.5, 0.6) is 0 Å². The van der Waals surface area contributed by atoms with Gasteiger partial charge in [0.15, 0.2) is 6.61 Å². The first-order valence-corrected chi connectivity index (χ1v) is 9.70. The number of rotatable bonds is 9. The number of aromatic nitrogens is 1. The van der Waals surface area contributed by atoms with E-state index in [2.05, 4.69) is 10.3 Å². The van der Waals surface area contributed by atoms with Crippen molar-refractivity contribution in [3.05, 3.63) is 58.4 Å². The van der Waals surface area contributed by atoms with E-state index in [0.717, 1.165) is 12.8 Å². The summed E-state index contributed by atoms with van der Waals surface area (Å²) in [6, 6.07) is 9.97. The van der Waals surface area contributed by atoms with Crippen LogP contribution in [0.2, 0.25) is 0 Å². The molecule has 2 N–H and O–H groups in total. The molecule has 0 aliphatic rings. The Kier molecular flexibility index (Phi) is 8.00. The van der Waals surface area contributed by atoms with Gasteiger partial charge in [-0.05, 0) is 51.7 Å². The van der Waals surface area contributed by atoms with Crippen molar-refractivity contribution in [1.29, 1.82) is 0 Å². The summed E-state index contributed by atoms with van der Waals surface area (Å²) >= 11 is 0. The number of ether oxygens (including phenoxy) is 2. The molecule has 156 valence electrons. The van der Waals surface area contributed by atoms with Crippen molar-refractivity contribution in [2.45, 2.75) is 46.6 Å². The minimum Gasteiger partial charge on any atom is -0.461 e. The minimum atomic E-state index is -0.654. The van der Waals surface area contributed by atoms with Gasteiger partial charge >= 0.3 is 11.9 Å². The van der Waals surface area contributed by atoms with Crippen LogP contribution < -0.4 is 5.32 Å². The third-order valence-electron chi connectivity index (χ3n) is 4.57. The molecule has 2 aromatic rings. The molecule has 1 aromatic heterocycles. The second-order valence-corrected chi connectivity index (χ2v) is 6.91. The van der Waals surface area contributed by atoms with E-state index in [9.17, 15) is 14.4 Å². The Morgan fingerprint density at radius 3 is 2.41 bits per heavy atom. The molecule has 7 heteroatoms. The largest absolute Gasteiger partial charge is 0.461 e. The predicted octanol–water partition coefficient (Wildman–Crippen LogP) is 3.10. The molecule has 0 saturated carbocycles. The summed E-state index contributed by atoms with van der Waals surface area (Å²) in [6.45, 7) is 6.77. The van der Waals surface area contributed by atoms with E-state index < -0.39 is 11.9 Å². The summed E-state index contributed by atoms with van der Waals surface area (Å²) in [7, 11) is 0. The number of carbonyl (C=O) groups is 3. The number of H-pyrrole nitrogens is 1. The summed E-state index contributed by atoms with van der Waals surface area (Å²) in [4.78, 5) is 39.3. The van der Waals surface area contributed by atoms with E-state index in [1.807, 2.05) is 37.3 Å². The van der Waals surface area contributed by atoms with Crippen molar-refractivity contribution in [2.75, 3.05) is 13.2 Å². The molecule has 29 heavy (non-hydrogen) atoms. The number of aryl methyl sites for hydroxylation is 2. The molecule has 0 spiro atoms. The molecule has 0 saturated heterocycles. The van der Waals surface area contributed by atoms with Gasteiger partial charge in [-0.3, -0.25) is 4.79 Å². The van der Waals surface area contributed by atoms with Gasteiger partial charge in [0.1, 0.15) is 5.69 Å². The summed E-state index contributed by atoms with van der Waals surface area (Å²) in [6.07, 6.45) is 1.63. The average molecular weight is 400 g/mol. The third-order valence-corrected chi connectivity index (χ3v) is 4.57. The Bertz CT molecular complexity index is 858. The van der Waals surface area contributed by atoms with Crippen LogP contribution in [0.25, 0.3) is 0 Å². The molecule has 0 aliphatic carbocycles. The normalized spacial score (nSPS) is 11.6. The number of carbonyl (C=O) groups excluding carboxylic acids is 3. The van der Waals surface area contributed by atoms with Crippen molar-refractivity contribution in [3.63, 3.8) is 0 Å². The van der Waals surface area contributed by atoms with E-state index in [1.54, 1.807) is 20.8 Å². The zero-order valence-corrected chi connectivity index (χ0v) is 17.3. The van der Waals surface area contributed by atoms with Crippen LogP contribution in [-0.4, -0.2) is 42.1 Å². The van der Waals surface area contributed by atoms with Crippen LogP contribution >= 0.6 is 0 Å². The summed E-state index contributed by atoms with van der Waals surface area (Å²) in [5.74, 6) is -1.55. The van der Waals surface area contributed by atoms with E-state index in [4.69, 9.17) is 9.47 Å². The lowest BCUT2D eigenvalue weighted by molar-refractivity contribution is -0.124. The fraction of sp³-hybridized carbons (Fsp3) is 0.409. The minimum absolute atomic E-state index is 0.0486. The summed E-state index contributed by atoms with van der Waals surface area (Å²) in [5, 5.41) is 2.83. The Morgan fingerprint density at radius 2 is 1.76 bits per heavy atom. The Labute approximate surface area is 170 Å². The topological polar surface area (TPSA) is 97.5 Å². The van der Waals surface area contributed by atoms with Gasteiger partial charge in [0.05, 0.1) is 12.2 Å². The van der Waals surface area contributed by atoms with Crippen LogP contribution in [0, 0.1) is 13.8 Å². The van der Waals surface area contributed by atoms with Gasteiger partial charge in [0.2, 0.25) is 0 Å². The number of esters is 2. The fourth-order valence-electron chi connectivity index (χ4n) is 3.08. The molecule has 0 fully saturated rings. The number of benzene rings is 1. The second kappa shape index (κ2) is 10.5. The number of aromatic amines is 1. The molecule has 0 aliphatic heterocycles. The van der Waals surface area contributed by atoms with Crippen molar-refractivity contribution in [1.82, 2.24) is 10.3 Å². The Hall–Kier alpha value is -3.09. The van der Waals surface area contributed by atoms with Gasteiger partial charge in [-0.1, -0.05) is 30.3 Å². The SMILES string of the molecule is CCOC(=O)c1[nH]c(C)c(C(=O)OCC(=O)N[C@H](C)CCc2ccccc2)c1C. The predicted molar refractivity (Wildman–Crippen MR) is 109 cm³/mol. The molecule has 2 rings (SSSR count). The van der Waals surface area contributed by atoms with Crippen LogP contribution in [0.3, 0.4) is 0 Å². The maximum atomic E-state index is 12.4. The molecule has 0 unspecified atom stereocenters. The standard InChI is InChI=1S/C22H28N2O5/c1-5-28-22(27)20-15(3)19(16(4)24-20)21(26)29-13-18(25)23-14(2)11-12-17-9-7-6-8-10-17/h6-10,14,24H,5,11-13H2,1-4H3,(H,23,25)/t14-/m1/s1. The Balaban J connectivity index is 1.85. The van der Waals surface area contributed by atoms with Crippen LogP contribution in [0.15, 0.2) is 30.3 Å². The van der Waals surface area contributed by atoms with Gasteiger partial charge in [-0.2, -0.15) is 0 Å². The van der Waals surface area contributed by atoms with E-state index in [-0.39, 0.29) is 36.4 Å². The quantitative estimate of drug-likeness (QED) is 0.631. The fourth-order valence-corrected chi connectivity index (χ4v) is 3.08. The van der Waals surface area contributed by atoms with Crippen molar-refractivity contribution in [2.24, 2.45) is 0 Å². The highest BCUT2D eigenvalue weighted by Gasteiger charge is 2.24. The highest BCUT2D eigenvalue weighted by molar-refractivity contribution is 5.99. The maximum absolute atomic E-state index is 12.4. The van der Waals surface area contributed by atoms with Gasteiger partial charge in [-0.15, -0.1) is 0 Å². The lowest BCUT2D eigenvalue weighted by Gasteiger charge is -2.14. The molecule has 1 atom stereocenters. The Morgan fingerprint density at radius 1 is 1.07 bits per heavy atom. The molecule has 1 heterocycles. The first-order chi connectivity index (χ1) is 13.8. The highest BCUT2D eigenvalue weighted by atomic mass is 16.5. The smallest absolute Gasteiger partial charge is 0.355 e. The highest BCUT2D eigenvalue weighted by Crippen LogP contribution is 2.19. The van der Waals surface area contributed by atoms with E-state index in [1.165, 1.54) is 5.56 Å². The number of amides is 1. The third kappa shape index (κ3) is 6.20. The number of hydrogen-bond donors (Lipinski definition) is 2. The second-order valence-electron chi connectivity index (χ2n) is 6.91. The lowest BCUT2D eigenvalue weighted by Crippen LogP contribution is -2.36. The molecular formula is C22H28N2O5. The first kappa shape index (κ1) is 22.2. The molecule has 1 aromatic carbocycles. The van der Waals surface area contributed by atoms with Gasteiger partial charge in [0, 0.05) is 11.7 Å². The molecule has 0 bridgehead atoms. The van der Waals surface area contributed by atoms with Gasteiger partial charge < -0.3 is 19.8 Å². The van der Waals surface area contributed by atoms with Crippen LogP contribution in [0.1, 0.15) is 57.9 Å². The molecule has 0 radical (unpaired) electrons. The van der Waals surface area contributed by atoms with Crippen molar-refractivity contribution < 1.29 is 23.9 Å². The monoisotopic (exact) mass is 400 g/mol. The lowest BCUT2D eigenvalue weighted by atomic mass is 10.1. The number of hydrogen-bond acceptors (Lipinski definition) is 5. The zero-order chi connectivity index (χ0) is 21.4. The zero-order valence-electron chi connectivity index (χ0n) is 17.3. The van der Waals surface area contributed by atoms with E-state index >= 15 is 0 Å².